The zero-order valence-corrected chi connectivity index (χ0v) is 36.2. The molecule has 0 atom stereocenters. The van der Waals surface area contributed by atoms with Crippen LogP contribution in [0.15, 0.2) is 66.6 Å². The van der Waals surface area contributed by atoms with Crippen LogP contribution in [0.25, 0.3) is 42.6 Å². The second-order valence-electron chi connectivity index (χ2n) is 16.9. The molecule has 287 valence electrons. The minimum Gasteiger partial charge on any atom is -0.512 e. The first-order valence-corrected chi connectivity index (χ1v) is 18.8. The van der Waals surface area contributed by atoms with Crippen molar-refractivity contribution in [1.29, 1.82) is 0 Å². The quantitative estimate of drug-likeness (QED) is 0.101. The number of nitrogens with zero attached hydrogens (tertiary/aromatic N) is 1. The first kappa shape index (κ1) is 44.1. The van der Waals surface area contributed by atoms with Gasteiger partial charge in [0.15, 0.2) is 0 Å². The first-order valence-electron chi connectivity index (χ1n) is 18.0. The Balaban J connectivity index is 0.000000464. The van der Waals surface area contributed by atoms with Crippen molar-refractivity contribution in [2.75, 3.05) is 0 Å². The molecule has 0 aliphatic rings. The number of allylic oxidation sites excluding steroid dienone is 2. The number of benzene rings is 3. The second-order valence-corrected chi connectivity index (χ2v) is 17.9. The predicted molar refractivity (Wildman–Crippen MR) is 213 cm³/mol. The number of carbonyl (C=O) groups excluding carboxylic acids is 1. The van der Waals surface area contributed by atoms with Gasteiger partial charge in [0.1, 0.15) is 0 Å². The minimum atomic E-state index is -4.90. The third kappa shape index (κ3) is 10.9. The smallest absolute Gasteiger partial charge is 0.454 e. The standard InChI is InChI=1S/C37H42NS.C8H11F3O2.Ir/c1-22(2)31-29-15-16-38-33(27-19-26-13-11-12-14-28(26)30(20-27)37(8,9)10)34(29)39-35(31)32-23(3)17-25(18-24(32)4)21-36(5,6)7;1-5(2)3-6(12)4-7(13)8(9,10)11;/h11-18,20,22H,21H2,1-10H3;4-5,12H,3H2,1-2H3;/q-1;;/b;6-4-;. The van der Waals surface area contributed by atoms with E-state index in [1.54, 1.807) is 13.8 Å². The molecule has 2 aromatic heterocycles. The fraction of sp³-hybridized carbons (Fsp3) is 0.422. The number of aliphatic hydroxyl groups is 1. The molecule has 8 heteroatoms. The Morgan fingerprint density at radius 1 is 0.925 bits per heavy atom. The van der Waals surface area contributed by atoms with E-state index in [0.29, 0.717) is 5.92 Å². The Morgan fingerprint density at radius 3 is 2.06 bits per heavy atom. The molecule has 2 heterocycles. The summed E-state index contributed by atoms with van der Waals surface area (Å²) < 4.78 is 36.2. The van der Waals surface area contributed by atoms with E-state index in [-0.39, 0.29) is 49.4 Å². The van der Waals surface area contributed by atoms with Crippen LogP contribution >= 0.6 is 11.3 Å². The molecular weight excluding hydrogens is 868 g/mol. The number of ketones is 1. The number of carbonyl (C=O) groups is 1. The zero-order valence-electron chi connectivity index (χ0n) is 33.0. The summed E-state index contributed by atoms with van der Waals surface area (Å²) in [6.45, 7) is 26.5. The van der Waals surface area contributed by atoms with E-state index in [1.165, 1.54) is 53.7 Å². The van der Waals surface area contributed by atoms with Gasteiger partial charge in [-0.1, -0.05) is 111 Å². The van der Waals surface area contributed by atoms with Gasteiger partial charge in [-0.3, -0.25) is 9.78 Å². The summed E-state index contributed by atoms with van der Waals surface area (Å²) in [5, 5.41) is 12.6. The molecule has 3 aromatic carbocycles. The van der Waals surface area contributed by atoms with Gasteiger partial charge in [-0.15, -0.1) is 40.5 Å². The van der Waals surface area contributed by atoms with E-state index < -0.39 is 17.7 Å². The molecule has 0 saturated heterocycles. The van der Waals surface area contributed by atoms with Gasteiger partial charge in [-0.25, -0.2) is 0 Å². The van der Waals surface area contributed by atoms with Crippen LogP contribution in [0.1, 0.15) is 109 Å². The Hall–Kier alpha value is -3.32. The van der Waals surface area contributed by atoms with Crippen molar-refractivity contribution in [1.82, 2.24) is 4.98 Å². The van der Waals surface area contributed by atoms with Gasteiger partial charge in [0.05, 0.1) is 5.76 Å². The Bertz CT molecular complexity index is 2090. The predicted octanol–water partition coefficient (Wildman–Crippen LogP) is 13.8. The zero-order chi connectivity index (χ0) is 38.9. The third-order valence-electron chi connectivity index (χ3n) is 8.81. The molecule has 0 aliphatic heterocycles. The first-order chi connectivity index (χ1) is 24.0. The summed E-state index contributed by atoms with van der Waals surface area (Å²) >= 11 is 1.91. The van der Waals surface area contributed by atoms with Crippen molar-refractivity contribution < 1.29 is 43.2 Å². The SMILES string of the molecule is CC(C)C/C(O)=C/C(=O)C(F)(F)F.Cc1cc(CC(C)(C)C)cc(C)c1-c1sc2c(-c3[c-]c4ccccc4c(C(C)(C)C)c3)nccc2c1C(C)C.[Ir]. The van der Waals surface area contributed by atoms with Gasteiger partial charge in [-0.05, 0) is 82.2 Å². The number of pyridine rings is 1. The van der Waals surface area contributed by atoms with Crippen molar-refractivity contribution in [2.45, 2.75) is 113 Å². The van der Waals surface area contributed by atoms with Gasteiger partial charge in [0, 0.05) is 54.1 Å². The number of hydrogen-bond donors (Lipinski definition) is 1. The molecule has 0 spiro atoms. The van der Waals surface area contributed by atoms with Gasteiger partial charge >= 0.3 is 6.18 Å². The molecule has 0 unspecified atom stereocenters. The van der Waals surface area contributed by atoms with E-state index in [9.17, 15) is 18.0 Å². The molecule has 53 heavy (non-hydrogen) atoms. The second kappa shape index (κ2) is 17.0. The number of rotatable bonds is 7. The third-order valence-corrected chi connectivity index (χ3v) is 10.1. The topological polar surface area (TPSA) is 50.2 Å². The van der Waals surface area contributed by atoms with E-state index in [2.05, 4.69) is 124 Å². The van der Waals surface area contributed by atoms with Crippen molar-refractivity contribution in [3.05, 3.63) is 100 Å². The summed E-state index contributed by atoms with van der Waals surface area (Å²) in [6.07, 6.45) is -1.53. The van der Waals surface area contributed by atoms with Gasteiger partial charge < -0.3 is 5.11 Å². The molecule has 0 amide bonds. The molecule has 0 saturated carbocycles. The number of alkyl halides is 3. The minimum absolute atomic E-state index is 0. The Kier molecular flexibility index (Phi) is 14.1. The number of hydrogen-bond acceptors (Lipinski definition) is 4. The molecule has 1 N–H and O–H groups in total. The Morgan fingerprint density at radius 2 is 1.53 bits per heavy atom. The van der Waals surface area contributed by atoms with Crippen LogP contribution in [-0.2, 0) is 36.7 Å². The maximum absolute atomic E-state index is 11.6. The average molecular weight is 921 g/mol. The van der Waals surface area contributed by atoms with Crippen molar-refractivity contribution in [3.63, 3.8) is 0 Å². The fourth-order valence-corrected chi connectivity index (χ4v) is 8.44. The molecule has 5 rings (SSSR count). The van der Waals surface area contributed by atoms with E-state index >= 15 is 0 Å². The van der Waals surface area contributed by atoms with E-state index in [0.717, 1.165) is 23.1 Å². The molecular formula is C45H53F3IrNO2S-. The summed E-state index contributed by atoms with van der Waals surface area (Å²) in [6, 6.07) is 21.8. The summed E-state index contributed by atoms with van der Waals surface area (Å²) in [5.41, 5.74) is 10.7. The maximum Gasteiger partial charge on any atom is 0.454 e. The van der Waals surface area contributed by atoms with Gasteiger partial charge in [0.25, 0.3) is 5.78 Å². The summed E-state index contributed by atoms with van der Waals surface area (Å²) in [4.78, 5) is 16.7. The number of aromatic nitrogens is 1. The van der Waals surface area contributed by atoms with Crippen LogP contribution in [0.3, 0.4) is 0 Å². The van der Waals surface area contributed by atoms with Gasteiger partial charge in [-0.2, -0.15) is 13.2 Å². The van der Waals surface area contributed by atoms with E-state index in [4.69, 9.17) is 10.1 Å². The largest absolute Gasteiger partial charge is 0.512 e. The van der Waals surface area contributed by atoms with Crippen LogP contribution < -0.4 is 0 Å². The molecule has 0 fully saturated rings. The van der Waals surface area contributed by atoms with Crippen molar-refractivity contribution in [2.24, 2.45) is 11.3 Å². The van der Waals surface area contributed by atoms with E-state index in [1.807, 2.05) is 17.5 Å². The Labute approximate surface area is 331 Å². The molecule has 5 aromatic rings. The number of aryl methyl sites for hydroxylation is 2. The number of thiophene rings is 1. The van der Waals surface area contributed by atoms with Crippen molar-refractivity contribution >= 4 is 38.0 Å². The normalized spacial score (nSPS) is 12.7. The number of halogens is 3. The molecule has 1 radical (unpaired) electrons. The van der Waals surface area contributed by atoms with Crippen LogP contribution in [-0.4, -0.2) is 22.1 Å². The summed E-state index contributed by atoms with van der Waals surface area (Å²) in [5.74, 6) is -2.14. The summed E-state index contributed by atoms with van der Waals surface area (Å²) in [7, 11) is 0. The molecule has 0 bridgehead atoms. The maximum atomic E-state index is 11.6. The van der Waals surface area contributed by atoms with Gasteiger partial charge in [0.2, 0.25) is 0 Å². The van der Waals surface area contributed by atoms with Crippen LogP contribution in [0.2, 0.25) is 0 Å². The number of fused-ring (bicyclic) bond motifs is 2. The molecule has 0 aliphatic carbocycles. The molecule has 3 nitrogen and oxygen atoms in total. The monoisotopic (exact) mass is 921 g/mol. The van der Waals surface area contributed by atoms with Crippen LogP contribution in [0.4, 0.5) is 13.2 Å². The fourth-order valence-electron chi connectivity index (χ4n) is 6.81. The number of aliphatic hydroxyl groups excluding tert-OH is 1. The van der Waals surface area contributed by atoms with Crippen molar-refractivity contribution in [3.8, 4) is 21.7 Å². The van der Waals surface area contributed by atoms with Crippen LogP contribution in [0.5, 0.6) is 0 Å². The van der Waals surface area contributed by atoms with Crippen LogP contribution in [0, 0.1) is 31.2 Å². The average Bonchev–Trinajstić information content (AvgIpc) is 3.37.